The Morgan fingerprint density at radius 3 is 2.72 bits per heavy atom. The van der Waals surface area contributed by atoms with Crippen molar-refractivity contribution >= 4 is 29.3 Å². The lowest BCUT2D eigenvalue weighted by Gasteiger charge is -2.39. The summed E-state index contributed by atoms with van der Waals surface area (Å²) in [6.07, 6.45) is 1.01. The van der Waals surface area contributed by atoms with E-state index in [0.29, 0.717) is 16.3 Å². The quantitative estimate of drug-likeness (QED) is 0.825. The molecule has 1 aliphatic heterocycles. The molecule has 1 aromatic carbocycles. The standard InChI is InChI=1S/C14H18ClNOS/c1-3-13-10(2)18-9-8-16(13)14(17)11-4-6-12(15)7-5-11/h4-7,10,13H,3,8-9H2,1-2H3. The molecule has 0 radical (unpaired) electrons. The number of carbonyl (C=O) groups is 1. The van der Waals surface area contributed by atoms with Gasteiger partial charge in [-0.15, -0.1) is 0 Å². The van der Waals surface area contributed by atoms with Crippen LogP contribution in [0.2, 0.25) is 5.02 Å². The van der Waals surface area contributed by atoms with Crippen LogP contribution in [0.15, 0.2) is 24.3 Å². The zero-order valence-corrected chi connectivity index (χ0v) is 12.3. The Balaban J connectivity index is 2.18. The van der Waals surface area contributed by atoms with Crippen molar-refractivity contribution < 1.29 is 4.79 Å². The van der Waals surface area contributed by atoms with E-state index in [-0.39, 0.29) is 5.91 Å². The van der Waals surface area contributed by atoms with Gasteiger partial charge in [0.25, 0.3) is 5.91 Å². The SMILES string of the molecule is CCC1C(C)SCCN1C(=O)c1ccc(Cl)cc1. The summed E-state index contributed by atoms with van der Waals surface area (Å²) in [5.41, 5.74) is 0.733. The predicted molar refractivity (Wildman–Crippen MR) is 78.5 cm³/mol. The molecule has 1 fully saturated rings. The minimum absolute atomic E-state index is 0.130. The van der Waals surface area contributed by atoms with Crippen LogP contribution in [0.3, 0.4) is 0 Å². The van der Waals surface area contributed by atoms with E-state index in [1.165, 1.54) is 0 Å². The van der Waals surface area contributed by atoms with Crippen LogP contribution in [0.4, 0.5) is 0 Å². The van der Waals surface area contributed by atoms with Gasteiger partial charge in [-0.05, 0) is 30.7 Å². The summed E-state index contributed by atoms with van der Waals surface area (Å²) < 4.78 is 0. The maximum absolute atomic E-state index is 12.5. The molecule has 1 aliphatic rings. The summed E-state index contributed by atoms with van der Waals surface area (Å²) in [7, 11) is 0. The normalized spacial score (nSPS) is 24.1. The molecule has 4 heteroatoms. The summed E-state index contributed by atoms with van der Waals surface area (Å²) in [6.45, 7) is 5.20. The van der Waals surface area contributed by atoms with Gasteiger partial charge in [0, 0.05) is 34.2 Å². The van der Waals surface area contributed by atoms with Gasteiger partial charge in [-0.1, -0.05) is 25.4 Å². The minimum atomic E-state index is 0.130. The molecule has 0 spiro atoms. The van der Waals surface area contributed by atoms with Crippen molar-refractivity contribution in [3.8, 4) is 0 Å². The number of benzene rings is 1. The molecule has 1 aromatic rings. The lowest BCUT2D eigenvalue weighted by Crippen LogP contribution is -2.49. The van der Waals surface area contributed by atoms with Crippen LogP contribution in [0.25, 0.3) is 0 Å². The first-order valence-electron chi connectivity index (χ1n) is 6.31. The van der Waals surface area contributed by atoms with E-state index in [1.807, 2.05) is 28.8 Å². The zero-order valence-electron chi connectivity index (χ0n) is 10.7. The first-order valence-corrected chi connectivity index (χ1v) is 7.74. The Bertz CT molecular complexity index is 420. The predicted octanol–water partition coefficient (Wildman–Crippen LogP) is 3.70. The Labute approximate surface area is 118 Å². The van der Waals surface area contributed by atoms with E-state index in [4.69, 9.17) is 11.6 Å². The van der Waals surface area contributed by atoms with Gasteiger partial charge < -0.3 is 4.90 Å². The highest BCUT2D eigenvalue weighted by Crippen LogP contribution is 2.28. The van der Waals surface area contributed by atoms with Crippen LogP contribution in [-0.2, 0) is 0 Å². The Kier molecular flexibility index (Phi) is 4.57. The third kappa shape index (κ3) is 2.83. The first kappa shape index (κ1) is 13.8. The van der Waals surface area contributed by atoms with Gasteiger partial charge in [0.2, 0.25) is 0 Å². The number of hydrogen-bond donors (Lipinski definition) is 0. The Morgan fingerprint density at radius 2 is 2.11 bits per heavy atom. The molecule has 1 amide bonds. The number of rotatable bonds is 2. The summed E-state index contributed by atoms with van der Waals surface area (Å²) in [4.78, 5) is 14.5. The number of halogens is 1. The van der Waals surface area contributed by atoms with Crippen LogP contribution in [0, 0.1) is 0 Å². The molecule has 2 rings (SSSR count). The largest absolute Gasteiger partial charge is 0.334 e. The molecule has 18 heavy (non-hydrogen) atoms. The summed E-state index contributed by atoms with van der Waals surface area (Å²) in [6, 6.07) is 7.51. The molecule has 98 valence electrons. The van der Waals surface area contributed by atoms with E-state index in [9.17, 15) is 4.79 Å². The van der Waals surface area contributed by atoms with Gasteiger partial charge >= 0.3 is 0 Å². The van der Waals surface area contributed by atoms with Gasteiger partial charge in [-0.3, -0.25) is 4.79 Å². The molecule has 0 aromatic heterocycles. The third-order valence-corrected chi connectivity index (χ3v) is 4.94. The second-order valence-electron chi connectivity index (χ2n) is 4.56. The molecule has 1 heterocycles. The summed E-state index contributed by atoms with van der Waals surface area (Å²) in [5, 5.41) is 1.18. The van der Waals surface area contributed by atoms with Gasteiger partial charge in [-0.2, -0.15) is 11.8 Å². The van der Waals surface area contributed by atoms with Crippen molar-refractivity contribution in [3.05, 3.63) is 34.9 Å². The molecule has 2 nitrogen and oxygen atoms in total. The number of carbonyl (C=O) groups excluding carboxylic acids is 1. The lowest BCUT2D eigenvalue weighted by molar-refractivity contribution is 0.0678. The fourth-order valence-corrected chi connectivity index (χ4v) is 3.79. The average molecular weight is 284 g/mol. The van der Waals surface area contributed by atoms with Crippen molar-refractivity contribution in [1.29, 1.82) is 0 Å². The lowest BCUT2D eigenvalue weighted by atomic mass is 10.1. The van der Waals surface area contributed by atoms with Crippen LogP contribution in [0.5, 0.6) is 0 Å². The van der Waals surface area contributed by atoms with Crippen LogP contribution in [-0.4, -0.2) is 34.4 Å². The molecule has 2 atom stereocenters. The van der Waals surface area contributed by atoms with Gasteiger partial charge in [0.05, 0.1) is 0 Å². The second-order valence-corrected chi connectivity index (χ2v) is 6.48. The number of amides is 1. The maximum atomic E-state index is 12.5. The topological polar surface area (TPSA) is 20.3 Å². The summed E-state index contributed by atoms with van der Waals surface area (Å²) in [5.74, 6) is 1.16. The minimum Gasteiger partial charge on any atom is -0.334 e. The average Bonchev–Trinajstić information content (AvgIpc) is 2.38. The van der Waals surface area contributed by atoms with Crippen molar-refractivity contribution in [2.75, 3.05) is 12.3 Å². The highest BCUT2D eigenvalue weighted by atomic mass is 35.5. The van der Waals surface area contributed by atoms with Gasteiger partial charge in [0.1, 0.15) is 0 Å². The van der Waals surface area contributed by atoms with E-state index in [2.05, 4.69) is 13.8 Å². The molecular weight excluding hydrogens is 266 g/mol. The van der Waals surface area contributed by atoms with Crippen molar-refractivity contribution in [2.45, 2.75) is 31.6 Å². The monoisotopic (exact) mass is 283 g/mol. The molecule has 0 N–H and O–H groups in total. The summed E-state index contributed by atoms with van der Waals surface area (Å²) >= 11 is 7.81. The number of thioether (sulfide) groups is 1. The molecule has 0 bridgehead atoms. The van der Waals surface area contributed by atoms with Crippen molar-refractivity contribution in [1.82, 2.24) is 4.90 Å². The van der Waals surface area contributed by atoms with Crippen molar-refractivity contribution in [2.24, 2.45) is 0 Å². The maximum Gasteiger partial charge on any atom is 0.254 e. The smallest absolute Gasteiger partial charge is 0.254 e. The van der Waals surface area contributed by atoms with Crippen LogP contribution >= 0.6 is 23.4 Å². The van der Waals surface area contributed by atoms with Crippen molar-refractivity contribution in [3.63, 3.8) is 0 Å². The number of nitrogens with zero attached hydrogens (tertiary/aromatic N) is 1. The molecular formula is C14H18ClNOS. The van der Waals surface area contributed by atoms with E-state index < -0.39 is 0 Å². The van der Waals surface area contributed by atoms with Crippen LogP contribution in [0.1, 0.15) is 30.6 Å². The first-order chi connectivity index (χ1) is 8.63. The second kappa shape index (κ2) is 5.98. The van der Waals surface area contributed by atoms with Crippen LogP contribution < -0.4 is 0 Å². The fourth-order valence-electron chi connectivity index (χ4n) is 2.43. The zero-order chi connectivity index (χ0) is 13.1. The molecule has 0 aliphatic carbocycles. The van der Waals surface area contributed by atoms with Gasteiger partial charge in [-0.25, -0.2) is 0 Å². The van der Waals surface area contributed by atoms with E-state index >= 15 is 0 Å². The third-order valence-electron chi connectivity index (χ3n) is 3.43. The fraction of sp³-hybridized carbons (Fsp3) is 0.500. The number of hydrogen-bond acceptors (Lipinski definition) is 2. The van der Waals surface area contributed by atoms with Gasteiger partial charge in [0.15, 0.2) is 0 Å². The molecule has 0 saturated carbocycles. The van der Waals surface area contributed by atoms with E-state index in [0.717, 1.165) is 24.3 Å². The van der Waals surface area contributed by atoms with E-state index in [1.54, 1.807) is 12.1 Å². The highest BCUT2D eigenvalue weighted by Gasteiger charge is 2.31. The Morgan fingerprint density at radius 1 is 1.44 bits per heavy atom. The molecule has 2 unspecified atom stereocenters. The highest BCUT2D eigenvalue weighted by molar-refractivity contribution is 8.00. The Hall–Kier alpha value is -0.670. The molecule has 1 saturated heterocycles.